The van der Waals surface area contributed by atoms with Crippen molar-refractivity contribution in [3.63, 3.8) is 0 Å². The van der Waals surface area contributed by atoms with Gasteiger partial charge in [0.1, 0.15) is 12.7 Å². The summed E-state index contributed by atoms with van der Waals surface area (Å²) in [4.78, 5) is 15.6. The monoisotopic (exact) mass is 297 g/mol. The summed E-state index contributed by atoms with van der Waals surface area (Å²) in [5.74, 6) is 0.535. The molecule has 0 aliphatic rings. The Balaban J connectivity index is 2.26. The molecule has 3 N–H and O–H groups in total. The summed E-state index contributed by atoms with van der Waals surface area (Å²) in [6.45, 7) is 8.65. The molecule has 1 rings (SSSR count). The molecule has 7 heteroatoms. The van der Waals surface area contributed by atoms with Crippen LogP contribution in [0.2, 0.25) is 0 Å². The van der Waals surface area contributed by atoms with E-state index in [4.69, 9.17) is 0 Å². The highest BCUT2D eigenvalue weighted by molar-refractivity contribution is 5.74. The van der Waals surface area contributed by atoms with Crippen LogP contribution in [0.5, 0.6) is 0 Å². The predicted octanol–water partition coefficient (Wildman–Crippen LogP) is 1.15. The number of carbonyl (C=O) groups is 1. The third kappa shape index (κ3) is 7.65. The van der Waals surface area contributed by atoms with Crippen LogP contribution >= 0.6 is 0 Å². The predicted molar refractivity (Wildman–Crippen MR) is 80.7 cm³/mol. The standard InChI is InChI=1S/C14H27N5O2/c1-11(2)5-6-14(4,21)8-16-13(20)18-12(3)7-19-10-15-9-17-19/h9-12,21H,5-8H2,1-4H3,(H2,16,18,20). The lowest BCUT2D eigenvalue weighted by molar-refractivity contribution is 0.0475. The van der Waals surface area contributed by atoms with Gasteiger partial charge in [-0.1, -0.05) is 13.8 Å². The summed E-state index contributed by atoms with van der Waals surface area (Å²) in [5.41, 5.74) is -0.878. The fourth-order valence-electron chi connectivity index (χ4n) is 1.89. The molecular weight excluding hydrogens is 270 g/mol. The van der Waals surface area contributed by atoms with Crippen LogP contribution in [0.4, 0.5) is 4.79 Å². The summed E-state index contributed by atoms with van der Waals surface area (Å²) >= 11 is 0. The number of amides is 2. The van der Waals surface area contributed by atoms with E-state index in [2.05, 4.69) is 34.6 Å². The number of nitrogens with zero attached hydrogens (tertiary/aromatic N) is 3. The Kier molecular flexibility index (Phi) is 6.61. The molecule has 0 aliphatic carbocycles. The van der Waals surface area contributed by atoms with Gasteiger partial charge in [-0.2, -0.15) is 5.10 Å². The molecule has 0 aromatic carbocycles. The fraction of sp³-hybridized carbons (Fsp3) is 0.786. The summed E-state index contributed by atoms with van der Waals surface area (Å²) in [7, 11) is 0. The zero-order chi connectivity index (χ0) is 15.9. The molecule has 120 valence electrons. The highest BCUT2D eigenvalue weighted by atomic mass is 16.3. The molecule has 0 aliphatic heterocycles. The highest BCUT2D eigenvalue weighted by Gasteiger charge is 2.21. The molecule has 2 atom stereocenters. The molecule has 0 saturated carbocycles. The largest absolute Gasteiger partial charge is 0.388 e. The van der Waals surface area contributed by atoms with E-state index in [-0.39, 0.29) is 18.6 Å². The van der Waals surface area contributed by atoms with Crippen molar-refractivity contribution in [3.05, 3.63) is 12.7 Å². The Morgan fingerprint density at radius 1 is 1.43 bits per heavy atom. The Labute approximate surface area is 126 Å². The van der Waals surface area contributed by atoms with Gasteiger partial charge in [-0.25, -0.2) is 9.78 Å². The molecule has 1 aromatic rings. The van der Waals surface area contributed by atoms with Gasteiger partial charge >= 0.3 is 6.03 Å². The molecule has 21 heavy (non-hydrogen) atoms. The zero-order valence-corrected chi connectivity index (χ0v) is 13.3. The van der Waals surface area contributed by atoms with Crippen molar-refractivity contribution >= 4 is 6.03 Å². The molecule has 7 nitrogen and oxygen atoms in total. The van der Waals surface area contributed by atoms with Gasteiger partial charge in [-0.15, -0.1) is 0 Å². The molecule has 0 fully saturated rings. The molecule has 0 radical (unpaired) electrons. The lowest BCUT2D eigenvalue weighted by Crippen LogP contribution is -2.48. The lowest BCUT2D eigenvalue weighted by Gasteiger charge is -2.25. The summed E-state index contributed by atoms with van der Waals surface area (Å²) < 4.78 is 1.66. The Hall–Kier alpha value is -1.63. The van der Waals surface area contributed by atoms with Gasteiger partial charge < -0.3 is 15.7 Å². The Morgan fingerprint density at radius 2 is 2.14 bits per heavy atom. The van der Waals surface area contributed by atoms with Gasteiger partial charge in [0, 0.05) is 12.6 Å². The van der Waals surface area contributed by atoms with Gasteiger partial charge in [0.15, 0.2) is 0 Å². The second-order valence-electron chi connectivity index (χ2n) is 6.28. The van der Waals surface area contributed by atoms with E-state index in [9.17, 15) is 9.90 Å². The van der Waals surface area contributed by atoms with Gasteiger partial charge in [-0.3, -0.25) is 4.68 Å². The van der Waals surface area contributed by atoms with E-state index < -0.39 is 5.60 Å². The van der Waals surface area contributed by atoms with E-state index >= 15 is 0 Å². The first-order valence-corrected chi connectivity index (χ1v) is 7.37. The molecule has 1 aromatic heterocycles. The van der Waals surface area contributed by atoms with Crippen molar-refractivity contribution in [2.75, 3.05) is 6.54 Å². The number of aliphatic hydroxyl groups is 1. The van der Waals surface area contributed by atoms with E-state index in [1.807, 2.05) is 6.92 Å². The number of hydrogen-bond donors (Lipinski definition) is 3. The Bertz CT molecular complexity index is 417. The molecule has 0 spiro atoms. The Morgan fingerprint density at radius 3 is 2.71 bits per heavy atom. The molecule has 1 heterocycles. The maximum Gasteiger partial charge on any atom is 0.315 e. The minimum atomic E-state index is -0.878. The lowest BCUT2D eigenvalue weighted by atomic mass is 9.95. The highest BCUT2D eigenvalue weighted by Crippen LogP contribution is 2.15. The van der Waals surface area contributed by atoms with Crippen LogP contribution in [0, 0.1) is 5.92 Å². The van der Waals surface area contributed by atoms with Crippen LogP contribution < -0.4 is 10.6 Å². The smallest absolute Gasteiger partial charge is 0.315 e. The van der Waals surface area contributed by atoms with E-state index in [0.29, 0.717) is 18.9 Å². The van der Waals surface area contributed by atoms with Gasteiger partial charge in [-0.05, 0) is 32.6 Å². The first kappa shape index (κ1) is 17.4. The van der Waals surface area contributed by atoms with Crippen LogP contribution in [0.25, 0.3) is 0 Å². The minimum absolute atomic E-state index is 0.0766. The quantitative estimate of drug-likeness (QED) is 0.671. The van der Waals surface area contributed by atoms with Crippen LogP contribution in [0.1, 0.15) is 40.5 Å². The molecule has 0 bridgehead atoms. The number of rotatable bonds is 8. The summed E-state index contributed by atoms with van der Waals surface area (Å²) in [5, 5.41) is 19.7. The number of aromatic nitrogens is 3. The number of carbonyl (C=O) groups excluding carboxylic acids is 1. The molecule has 2 amide bonds. The maximum atomic E-state index is 11.8. The van der Waals surface area contributed by atoms with Crippen LogP contribution in [0.3, 0.4) is 0 Å². The first-order valence-electron chi connectivity index (χ1n) is 7.37. The van der Waals surface area contributed by atoms with Crippen LogP contribution in [0.15, 0.2) is 12.7 Å². The summed E-state index contributed by atoms with van der Waals surface area (Å²) in [6, 6.07) is -0.361. The second kappa shape index (κ2) is 7.97. The van der Waals surface area contributed by atoms with Crippen molar-refractivity contribution in [2.45, 2.75) is 58.7 Å². The first-order chi connectivity index (χ1) is 9.78. The van der Waals surface area contributed by atoms with Crippen molar-refractivity contribution in [3.8, 4) is 0 Å². The van der Waals surface area contributed by atoms with E-state index in [1.165, 1.54) is 6.33 Å². The number of urea groups is 1. The number of hydrogen-bond acceptors (Lipinski definition) is 4. The van der Waals surface area contributed by atoms with E-state index in [1.54, 1.807) is 17.9 Å². The van der Waals surface area contributed by atoms with Crippen molar-refractivity contribution in [1.29, 1.82) is 0 Å². The van der Waals surface area contributed by atoms with Gasteiger partial charge in [0.2, 0.25) is 0 Å². The van der Waals surface area contributed by atoms with Crippen molar-refractivity contribution in [2.24, 2.45) is 5.92 Å². The third-order valence-corrected chi connectivity index (χ3v) is 3.20. The molecule has 2 unspecified atom stereocenters. The fourth-order valence-corrected chi connectivity index (χ4v) is 1.89. The molecular formula is C14H27N5O2. The third-order valence-electron chi connectivity index (χ3n) is 3.20. The second-order valence-corrected chi connectivity index (χ2v) is 6.28. The SMILES string of the molecule is CC(C)CCC(C)(O)CNC(=O)NC(C)Cn1cncn1. The topological polar surface area (TPSA) is 92.1 Å². The van der Waals surface area contributed by atoms with Crippen molar-refractivity contribution < 1.29 is 9.90 Å². The minimum Gasteiger partial charge on any atom is -0.388 e. The molecule has 0 saturated heterocycles. The average Bonchev–Trinajstić information content (AvgIpc) is 2.87. The van der Waals surface area contributed by atoms with Gasteiger partial charge in [0.25, 0.3) is 0 Å². The summed E-state index contributed by atoms with van der Waals surface area (Å²) in [6.07, 6.45) is 4.66. The zero-order valence-electron chi connectivity index (χ0n) is 13.3. The van der Waals surface area contributed by atoms with Crippen LogP contribution in [-0.4, -0.2) is 44.1 Å². The van der Waals surface area contributed by atoms with Crippen molar-refractivity contribution in [1.82, 2.24) is 25.4 Å². The average molecular weight is 297 g/mol. The van der Waals surface area contributed by atoms with E-state index in [0.717, 1.165) is 6.42 Å². The maximum absolute atomic E-state index is 11.8. The van der Waals surface area contributed by atoms with Crippen LogP contribution in [-0.2, 0) is 6.54 Å². The normalized spacial score (nSPS) is 15.5. The van der Waals surface area contributed by atoms with Gasteiger partial charge in [0.05, 0.1) is 12.1 Å². The number of nitrogens with one attached hydrogen (secondary N) is 2.